The van der Waals surface area contributed by atoms with E-state index in [1.807, 2.05) is 31.2 Å². The molecule has 0 amide bonds. The maximum Gasteiger partial charge on any atom is 0.131 e. The Bertz CT molecular complexity index is 912. The standard InChI is InChI=1S/C20H21FN4/c1-12-4-2-5-16(21)20(12)13-8-14-11-24-18(22)10-15(14)17(9-13)25-19-6-3-7-23-19/h2,4-5,8-11,19,23,25H,3,6-7H2,1H3,(H2,22,24)/t19-/m1/s1. The van der Waals surface area contributed by atoms with E-state index in [2.05, 4.69) is 15.6 Å². The molecule has 1 aliphatic heterocycles. The molecule has 3 aromatic rings. The van der Waals surface area contributed by atoms with E-state index in [9.17, 15) is 4.39 Å². The Balaban J connectivity index is 1.89. The molecule has 0 aliphatic carbocycles. The highest BCUT2D eigenvalue weighted by molar-refractivity contribution is 5.98. The van der Waals surface area contributed by atoms with Gasteiger partial charge in [0.1, 0.15) is 11.6 Å². The molecule has 25 heavy (non-hydrogen) atoms. The van der Waals surface area contributed by atoms with Gasteiger partial charge in [0, 0.05) is 28.2 Å². The summed E-state index contributed by atoms with van der Waals surface area (Å²) >= 11 is 0. The van der Waals surface area contributed by atoms with Crippen LogP contribution >= 0.6 is 0 Å². The van der Waals surface area contributed by atoms with Crippen molar-refractivity contribution in [2.75, 3.05) is 17.6 Å². The lowest BCUT2D eigenvalue weighted by molar-refractivity contribution is 0.630. The monoisotopic (exact) mass is 336 g/mol. The zero-order chi connectivity index (χ0) is 17.4. The van der Waals surface area contributed by atoms with Gasteiger partial charge in [0.2, 0.25) is 0 Å². The fourth-order valence-electron chi connectivity index (χ4n) is 3.53. The van der Waals surface area contributed by atoms with Crippen LogP contribution < -0.4 is 16.4 Å². The number of rotatable bonds is 3. The van der Waals surface area contributed by atoms with E-state index in [4.69, 9.17) is 5.73 Å². The molecule has 0 spiro atoms. The normalized spacial score (nSPS) is 17.1. The molecule has 1 aromatic heterocycles. The zero-order valence-electron chi connectivity index (χ0n) is 14.1. The Morgan fingerprint density at radius 3 is 2.92 bits per heavy atom. The molecule has 5 heteroatoms. The van der Waals surface area contributed by atoms with E-state index >= 15 is 0 Å². The van der Waals surface area contributed by atoms with Crippen LogP contribution in [0.25, 0.3) is 21.9 Å². The smallest absolute Gasteiger partial charge is 0.131 e. The molecule has 1 fully saturated rings. The van der Waals surface area contributed by atoms with E-state index < -0.39 is 0 Å². The SMILES string of the molecule is Cc1cccc(F)c1-c1cc(N[C@@H]2CCCN2)c2cc(N)ncc2c1. The Morgan fingerprint density at radius 1 is 1.28 bits per heavy atom. The van der Waals surface area contributed by atoms with Crippen molar-refractivity contribution in [3.63, 3.8) is 0 Å². The minimum Gasteiger partial charge on any atom is -0.384 e. The molecule has 128 valence electrons. The van der Waals surface area contributed by atoms with Gasteiger partial charge in [0.25, 0.3) is 0 Å². The molecule has 0 radical (unpaired) electrons. The predicted octanol–water partition coefficient (Wildman–Crippen LogP) is 4.05. The molecule has 2 aromatic carbocycles. The Labute approximate surface area is 146 Å². The number of pyridine rings is 1. The van der Waals surface area contributed by atoms with Gasteiger partial charge in [-0.2, -0.15) is 0 Å². The summed E-state index contributed by atoms with van der Waals surface area (Å²) in [6.45, 7) is 2.93. The first-order chi connectivity index (χ1) is 12.1. The van der Waals surface area contributed by atoms with Gasteiger partial charge in [0.05, 0.1) is 6.17 Å². The maximum atomic E-state index is 14.5. The molecule has 4 rings (SSSR count). The second-order valence-electron chi connectivity index (χ2n) is 6.58. The number of nitrogens with one attached hydrogen (secondary N) is 2. The molecule has 0 unspecified atom stereocenters. The van der Waals surface area contributed by atoms with Crippen molar-refractivity contribution in [3.8, 4) is 11.1 Å². The van der Waals surface area contributed by atoms with Crippen LogP contribution in [-0.4, -0.2) is 17.7 Å². The van der Waals surface area contributed by atoms with Crippen molar-refractivity contribution in [2.24, 2.45) is 0 Å². The Morgan fingerprint density at radius 2 is 2.16 bits per heavy atom. The summed E-state index contributed by atoms with van der Waals surface area (Å²) in [4.78, 5) is 4.20. The molecule has 0 bridgehead atoms. The first kappa shape index (κ1) is 15.8. The summed E-state index contributed by atoms with van der Waals surface area (Å²) in [6, 6.07) is 11.0. The van der Waals surface area contributed by atoms with E-state index in [-0.39, 0.29) is 12.0 Å². The van der Waals surface area contributed by atoms with Gasteiger partial charge in [-0.3, -0.25) is 5.32 Å². The third-order valence-corrected chi connectivity index (χ3v) is 4.76. The fourth-order valence-corrected chi connectivity index (χ4v) is 3.53. The van der Waals surface area contributed by atoms with Gasteiger partial charge < -0.3 is 11.1 Å². The number of hydrogen-bond donors (Lipinski definition) is 3. The number of nitrogens with zero attached hydrogens (tertiary/aromatic N) is 1. The molecule has 4 nitrogen and oxygen atoms in total. The van der Waals surface area contributed by atoms with E-state index in [1.165, 1.54) is 6.07 Å². The molecular formula is C20H21FN4. The van der Waals surface area contributed by atoms with Crippen molar-refractivity contribution < 1.29 is 4.39 Å². The molecule has 4 N–H and O–H groups in total. The molecule has 1 saturated heterocycles. The molecule has 1 atom stereocenters. The molecule has 1 aliphatic rings. The van der Waals surface area contributed by atoms with E-state index in [1.54, 1.807) is 12.3 Å². The molecular weight excluding hydrogens is 315 g/mol. The third-order valence-electron chi connectivity index (χ3n) is 4.76. The van der Waals surface area contributed by atoms with Gasteiger partial charge in [-0.05, 0) is 61.7 Å². The largest absolute Gasteiger partial charge is 0.384 e. The number of fused-ring (bicyclic) bond motifs is 1. The predicted molar refractivity (Wildman–Crippen MR) is 101 cm³/mol. The number of aromatic nitrogens is 1. The third kappa shape index (κ3) is 3.03. The van der Waals surface area contributed by atoms with Crippen LogP contribution in [-0.2, 0) is 0 Å². The Hall–Kier alpha value is -2.66. The van der Waals surface area contributed by atoms with Crippen molar-refractivity contribution in [3.05, 3.63) is 54.0 Å². The highest BCUT2D eigenvalue weighted by atomic mass is 19.1. The quantitative estimate of drug-likeness (QED) is 0.675. The first-order valence-electron chi connectivity index (χ1n) is 8.56. The average molecular weight is 336 g/mol. The van der Waals surface area contributed by atoms with Crippen LogP contribution in [0, 0.1) is 12.7 Å². The highest BCUT2D eigenvalue weighted by Crippen LogP contribution is 2.34. The van der Waals surface area contributed by atoms with Crippen molar-refractivity contribution >= 4 is 22.3 Å². The summed E-state index contributed by atoms with van der Waals surface area (Å²) in [5.74, 6) is 0.262. The summed E-state index contributed by atoms with van der Waals surface area (Å²) in [5, 5.41) is 8.92. The zero-order valence-corrected chi connectivity index (χ0v) is 14.1. The number of anilines is 2. The number of halogens is 1. The number of nitrogens with two attached hydrogens (primary N) is 1. The average Bonchev–Trinajstić information content (AvgIpc) is 3.08. The summed E-state index contributed by atoms with van der Waals surface area (Å²) in [6.07, 6.45) is 4.17. The van der Waals surface area contributed by atoms with Gasteiger partial charge in [-0.15, -0.1) is 0 Å². The van der Waals surface area contributed by atoms with Crippen LogP contribution in [0.15, 0.2) is 42.6 Å². The van der Waals surface area contributed by atoms with E-state index in [0.717, 1.165) is 47.0 Å². The van der Waals surface area contributed by atoms with Crippen molar-refractivity contribution in [2.45, 2.75) is 25.9 Å². The van der Waals surface area contributed by atoms with Crippen LogP contribution in [0.2, 0.25) is 0 Å². The summed E-state index contributed by atoms with van der Waals surface area (Å²) in [5.41, 5.74) is 9.21. The second kappa shape index (κ2) is 6.33. The maximum absolute atomic E-state index is 14.5. The van der Waals surface area contributed by atoms with Gasteiger partial charge in [-0.25, -0.2) is 9.37 Å². The lowest BCUT2D eigenvalue weighted by atomic mass is 9.96. The molecule has 0 saturated carbocycles. The minimum absolute atomic E-state index is 0.215. The summed E-state index contributed by atoms with van der Waals surface area (Å²) < 4.78 is 14.5. The van der Waals surface area contributed by atoms with Gasteiger partial charge in [0.15, 0.2) is 0 Å². The molecule has 2 heterocycles. The highest BCUT2D eigenvalue weighted by Gasteiger charge is 2.17. The van der Waals surface area contributed by atoms with Crippen LogP contribution in [0.3, 0.4) is 0 Å². The topological polar surface area (TPSA) is 63.0 Å². The van der Waals surface area contributed by atoms with Crippen LogP contribution in [0.1, 0.15) is 18.4 Å². The van der Waals surface area contributed by atoms with Crippen LogP contribution in [0.4, 0.5) is 15.9 Å². The number of nitrogen functional groups attached to an aromatic ring is 1. The van der Waals surface area contributed by atoms with Gasteiger partial charge >= 0.3 is 0 Å². The van der Waals surface area contributed by atoms with E-state index in [0.29, 0.717) is 11.4 Å². The lowest BCUT2D eigenvalue weighted by Crippen LogP contribution is -2.29. The van der Waals surface area contributed by atoms with Crippen LogP contribution in [0.5, 0.6) is 0 Å². The summed E-state index contributed by atoms with van der Waals surface area (Å²) in [7, 11) is 0. The van der Waals surface area contributed by atoms with Crippen molar-refractivity contribution in [1.29, 1.82) is 0 Å². The fraction of sp³-hybridized carbons (Fsp3) is 0.250. The Kier molecular flexibility index (Phi) is 4.01. The first-order valence-corrected chi connectivity index (χ1v) is 8.56. The number of hydrogen-bond acceptors (Lipinski definition) is 4. The lowest BCUT2D eigenvalue weighted by Gasteiger charge is -2.18. The number of aryl methyl sites for hydroxylation is 1. The van der Waals surface area contributed by atoms with Gasteiger partial charge in [-0.1, -0.05) is 12.1 Å². The minimum atomic E-state index is -0.215. The number of benzene rings is 2. The van der Waals surface area contributed by atoms with Crippen molar-refractivity contribution in [1.82, 2.24) is 10.3 Å². The second-order valence-corrected chi connectivity index (χ2v) is 6.58.